The van der Waals surface area contributed by atoms with Gasteiger partial charge >= 0.3 is 12.0 Å². The molecule has 2 heterocycles. The summed E-state index contributed by atoms with van der Waals surface area (Å²) in [6, 6.07) is 7.18. The maximum Gasteiger partial charge on any atom is 0.322 e. The zero-order valence-corrected chi connectivity index (χ0v) is 18.9. The molecule has 0 atom stereocenters. The van der Waals surface area contributed by atoms with Crippen molar-refractivity contribution in [2.24, 2.45) is 0 Å². The topological polar surface area (TPSA) is 70.6 Å². The molecule has 3 fully saturated rings. The van der Waals surface area contributed by atoms with Gasteiger partial charge in [-0.15, -0.1) is 0 Å². The predicted molar refractivity (Wildman–Crippen MR) is 119 cm³/mol. The molecule has 1 saturated heterocycles. The van der Waals surface area contributed by atoms with Gasteiger partial charge in [0.2, 0.25) is 0 Å². The smallest absolute Gasteiger partial charge is 0.322 e. The van der Waals surface area contributed by atoms with Gasteiger partial charge in [-0.2, -0.15) is 4.98 Å². The molecule has 32 heavy (non-hydrogen) atoms. The molecule has 170 valence electrons. The molecule has 0 unspecified atom stereocenters. The highest BCUT2D eigenvalue weighted by atomic mass is 19.1. The molecule has 2 aliphatic carbocycles. The van der Waals surface area contributed by atoms with Gasteiger partial charge in [0.1, 0.15) is 11.9 Å². The number of carbonyl (C=O) groups is 1. The zero-order valence-electron chi connectivity index (χ0n) is 18.9. The summed E-state index contributed by atoms with van der Waals surface area (Å²) in [5.74, 6) is -0.214. The maximum absolute atomic E-state index is 14.0. The number of hydrogen-bond donors (Lipinski definition) is 1. The van der Waals surface area contributed by atoms with Gasteiger partial charge in [0.05, 0.1) is 29.7 Å². The Labute approximate surface area is 188 Å². The number of aromatic nitrogens is 2. The number of hydrogen-bond acceptors (Lipinski definition) is 5. The highest BCUT2D eigenvalue weighted by Crippen LogP contribution is 2.46. The second kappa shape index (κ2) is 7.69. The second-order valence-corrected chi connectivity index (χ2v) is 9.67. The number of carbonyl (C=O) groups excluding carboxylic acids is 1. The van der Waals surface area contributed by atoms with Crippen LogP contribution in [0.4, 0.5) is 14.9 Å². The monoisotopic (exact) mass is 439 g/mol. The first-order valence-electron chi connectivity index (χ1n) is 11.3. The number of benzene rings is 1. The lowest BCUT2D eigenvalue weighted by atomic mass is 9.69. The van der Waals surface area contributed by atoms with E-state index in [0.29, 0.717) is 12.6 Å². The Kier molecular flexibility index (Phi) is 5.08. The summed E-state index contributed by atoms with van der Waals surface area (Å²) < 4.78 is 19.7. The zero-order chi connectivity index (χ0) is 22.5. The molecule has 1 N–H and O–H groups in total. The Bertz CT molecular complexity index is 1030. The van der Waals surface area contributed by atoms with Crippen LogP contribution in [0.2, 0.25) is 0 Å². The predicted octanol–water partition coefficient (Wildman–Crippen LogP) is 3.76. The Morgan fingerprint density at radius 3 is 2.59 bits per heavy atom. The van der Waals surface area contributed by atoms with E-state index in [9.17, 15) is 9.18 Å². The van der Waals surface area contributed by atoms with Crippen LogP contribution in [0.25, 0.3) is 0 Å². The van der Waals surface area contributed by atoms with Gasteiger partial charge in [0, 0.05) is 5.54 Å². The Balaban J connectivity index is 1.34. The van der Waals surface area contributed by atoms with Crippen LogP contribution in [0.3, 0.4) is 0 Å². The minimum atomic E-state index is -0.306. The Hall–Kier alpha value is -2.74. The normalized spacial score (nSPS) is 27.8. The first kappa shape index (κ1) is 21.1. The Morgan fingerprint density at radius 1 is 1.22 bits per heavy atom. The average molecular weight is 440 g/mol. The fraction of sp³-hybridized carbons (Fsp3) is 0.542. The van der Waals surface area contributed by atoms with Crippen LogP contribution in [0.5, 0.6) is 6.01 Å². The van der Waals surface area contributed by atoms with E-state index in [1.807, 2.05) is 27.1 Å². The maximum atomic E-state index is 14.0. The summed E-state index contributed by atoms with van der Waals surface area (Å²) in [5.41, 5.74) is 1.90. The number of rotatable bonds is 5. The summed E-state index contributed by atoms with van der Waals surface area (Å²) in [7, 11) is 4.10. The van der Waals surface area contributed by atoms with Crippen LogP contribution < -0.4 is 15.0 Å². The number of aryl methyl sites for hydroxylation is 1. The standard InChI is InChI=1S/C24H30FN5O2/c1-16-20(14-26-21(27-16)32-19-7-8-19)30-15-23(28-22(30)31)9-11-24(12-10-23,29(2)3)17-5-4-6-18(25)13-17/h4-6,13-14,19H,7-12,15H2,1-3H3,(H,28,31). The molecule has 1 aromatic carbocycles. The van der Waals surface area contributed by atoms with Crippen LogP contribution in [0, 0.1) is 12.7 Å². The molecule has 7 nitrogen and oxygen atoms in total. The van der Waals surface area contributed by atoms with E-state index in [4.69, 9.17) is 4.74 Å². The molecule has 5 rings (SSSR count). The van der Waals surface area contributed by atoms with Crippen molar-refractivity contribution in [3.63, 3.8) is 0 Å². The van der Waals surface area contributed by atoms with Gasteiger partial charge in [-0.05, 0) is 77.2 Å². The van der Waals surface area contributed by atoms with Crippen molar-refractivity contribution in [2.45, 2.75) is 62.6 Å². The van der Waals surface area contributed by atoms with Crippen LogP contribution in [-0.2, 0) is 5.54 Å². The molecular weight excluding hydrogens is 409 g/mol. The first-order chi connectivity index (χ1) is 15.3. The van der Waals surface area contributed by atoms with Crippen molar-refractivity contribution in [2.75, 3.05) is 25.5 Å². The number of nitrogens with zero attached hydrogens (tertiary/aromatic N) is 4. The summed E-state index contributed by atoms with van der Waals surface area (Å²) >= 11 is 0. The molecule has 8 heteroatoms. The van der Waals surface area contributed by atoms with Crippen LogP contribution in [0.15, 0.2) is 30.5 Å². The highest BCUT2D eigenvalue weighted by molar-refractivity contribution is 5.95. The van der Waals surface area contributed by atoms with Crippen LogP contribution >= 0.6 is 0 Å². The molecule has 3 aliphatic rings. The average Bonchev–Trinajstić information content (AvgIpc) is 3.51. The quantitative estimate of drug-likeness (QED) is 0.768. The van der Waals surface area contributed by atoms with E-state index in [1.54, 1.807) is 23.2 Å². The van der Waals surface area contributed by atoms with Crippen molar-refractivity contribution in [3.8, 4) is 6.01 Å². The van der Waals surface area contributed by atoms with Crippen LogP contribution in [0.1, 0.15) is 49.8 Å². The number of anilines is 1. The third kappa shape index (κ3) is 3.70. The molecule has 0 bridgehead atoms. The number of nitrogens with one attached hydrogen (secondary N) is 1. The molecule has 1 aliphatic heterocycles. The molecule has 1 spiro atoms. The first-order valence-corrected chi connectivity index (χ1v) is 11.3. The van der Waals surface area contributed by atoms with Crippen LogP contribution in [-0.4, -0.2) is 53.2 Å². The lowest BCUT2D eigenvalue weighted by molar-refractivity contribution is 0.0655. The third-order valence-corrected chi connectivity index (χ3v) is 7.35. The van der Waals surface area contributed by atoms with Crippen molar-refractivity contribution in [1.82, 2.24) is 20.2 Å². The number of urea groups is 1. The summed E-state index contributed by atoms with van der Waals surface area (Å²) in [4.78, 5) is 25.7. The van der Waals surface area contributed by atoms with Gasteiger partial charge in [0.25, 0.3) is 0 Å². The molecule has 2 amide bonds. The van der Waals surface area contributed by atoms with E-state index >= 15 is 0 Å². The lowest BCUT2D eigenvalue weighted by Gasteiger charge is -2.48. The SMILES string of the molecule is Cc1nc(OC2CC2)ncc1N1CC2(CCC(c3cccc(F)c3)(N(C)C)CC2)NC1=O. The van der Waals surface area contributed by atoms with Gasteiger partial charge < -0.3 is 10.1 Å². The second-order valence-electron chi connectivity index (χ2n) is 9.67. The number of ether oxygens (including phenoxy) is 1. The van der Waals surface area contributed by atoms with Gasteiger partial charge in [-0.25, -0.2) is 14.2 Å². The number of amides is 2. The van der Waals surface area contributed by atoms with E-state index in [0.717, 1.165) is 55.5 Å². The fourth-order valence-electron chi connectivity index (χ4n) is 5.20. The minimum absolute atomic E-state index is 0.115. The Morgan fingerprint density at radius 2 is 1.97 bits per heavy atom. The molecule has 0 radical (unpaired) electrons. The summed E-state index contributed by atoms with van der Waals surface area (Å²) in [6.45, 7) is 2.46. The molecule has 1 aromatic heterocycles. The number of halogens is 1. The van der Waals surface area contributed by atoms with Gasteiger partial charge in [-0.1, -0.05) is 12.1 Å². The van der Waals surface area contributed by atoms with Crippen molar-refractivity contribution < 1.29 is 13.9 Å². The highest BCUT2D eigenvalue weighted by Gasteiger charge is 2.50. The van der Waals surface area contributed by atoms with Crippen molar-refractivity contribution in [3.05, 3.63) is 47.5 Å². The van der Waals surface area contributed by atoms with Gasteiger partial charge in [0.15, 0.2) is 0 Å². The molecular formula is C24H30FN5O2. The lowest BCUT2D eigenvalue weighted by Crippen LogP contribution is -2.54. The molecule has 2 aromatic rings. The fourth-order valence-corrected chi connectivity index (χ4v) is 5.20. The third-order valence-electron chi connectivity index (χ3n) is 7.35. The molecule has 2 saturated carbocycles. The largest absolute Gasteiger partial charge is 0.460 e. The van der Waals surface area contributed by atoms with E-state index < -0.39 is 0 Å². The minimum Gasteiger partial charge on any atom is -0.460 e. The van der Waals surface area contributed by atoms with E-state index in [2.05, 4.69) is 20.2 Å². The summed E-state index contributed by atoms with van der Waals surface area (Å²) in [5, 5.41) is 3.25. The van der Waals surface area contributed by atoms with E-state index in [1.165, 1.54) is 6.07 Å². The van der Waals surface area contributed by atoms with E-state index in [-0.39, 0.29) is 29.0 Å². The van der Waals surface area contributed by atoms with Crippen molar-refractivity contribution >= 4 is 11.7 Å². The summed E-state index contributed by atoms with van der Waals surface area (Å²) in [6.07, 6.45) is 7.31. The van der Waals surface area contributed by atoms with Crippen molar-refractivity contribution in [1.29, 1.82) is 0 Å². The van der Waals surface area contributed by atoms with Gasteiger partial charge in [-0.3, -0.25) is 9.80 Å².